The van der Waals surface area contributed by atoms with E-state index >= 15 is 0 Å². The van der Waals surface area contributed by atoms with Crippen LogP contribution in [0.25, 0.3) is 16.5 Å². The molecular formula is C23H22N4O2. The number of aromatic nitrogens is 3. The van der Waals surface area contributed by atoms with Crippen LogP contribution in [0.5, 0.6) is 5.75 Å². The maximum atomic E-state index is 12.6. The van der Waals surface area contributed by atoms with Crippen molar-refractivity contribution in [2.75, 3.05) is 13.7 Å². The predicted octanol–water partition coefficient (Wildman–Crippen LogP) is 4.02. The first kappa shape index (κ1) is 18.7. The topological polar surface area (TPSA) is 60.2 Å². The molecule has 4 aromatic rings. The molecule has 0 radical (unpaired) electrons. The standard InChI is InChI=1S/C23H22N4O2/c1-17(18-7-10-21(11-8-18)27-16-24-15-25-27)26(2)23(28)14-29-22-12-9-19-5-3-4-6-20(19)13-22/h3-13,15-17H,14H2,1-2H3/t17-/m0/s1. The van der Waals surface area contributed by atoms with E-state index in [1.54, 1.807) is 23.0 Å². The lowest BCUT2D eigenvalue weighted by Crippen LogP contribution is -2.33. The van der Waals surface area contributed by atoms with Gasteiger partial charge in [0, 0.05) is 7.05 Å². The summed E-state index contributed by atoms with van der Waals surface area (Å²) in [6.07, 6.45) is 3.15. The Hall–Kier alpha value is -3.67. The molecule has 4 rings (SSSR count). The molecule has 0 bridgehead atoms. The van der Waals surface area contributed by atoms with Gasteiger partial charge in [-0.05, 0) is 47.5 Å². The van der Waals surface area contributed by atoms with Gasteiger partial charge < -0.3 is 9.64 Å². The summed E-state index contributed by atoms with van der Waals surface area (Å²) in [5.41, 5.74) is 1.96. The first-order valence-electron chi connectivity index (χ1n) is 9.44. The van der Waals surface area contributed by atoms with Crippen molar-refractivity contribution in [3.8, 4) is 11.4 Å². The van der Waals surface area contributed by atoms with Crippen LogP contribution in [0.15, 0.2) is 79.4 Å². The van der Waals surface area contributed by atoms with Gasteiger partial charge in [-0.25, -0.2) is 9.67 Å². The first-order chi connectivity index (χ1) is 14.1. The van der Waals surface area contributed by atoms with Crippen LogP contribution >= 0.6 is 0 Å². The van der Waals surface area contributed by atoms with E-state index in [-0.39, 0.29) is 18.6 Å². The Balaban J connectivity index is 1.38. The van der Waals surface area contributed by atoms with Crippen LogP contribution in [0, 0.1) is 0 Å². The van der Waals surface area contributed by atoms with E-state index in [0.717, 1.165) is 22.0 Å². The fourth-order valence-electron chi connectivity index (χ4n) is 3.19. The first-order valence-corrected chi connectivity index (χ1v) is 9.44. The zero-order valence-corrected chi connectivity index (χ0v) is 16.4. The van der Waals surface area contributed by atoms with E-state index in [2.05, 4.69) is 10.1 Å². The number of amides is 1. The summed E-state index contributed by atoms with van der Waals surface area (Å²) in [6.45, 7) is 1.99. The van der Waals surface area contributed by atoms with Gasteiger partial charge in [-0.1, -0.05) is 42.5 Å². The molecule has 0 saturated heterocycles. The number of rotatable bonds is 6. The Morgan fingerprint density at radius 2 is 1.83 bits per heavy atom. The van der Waals surface area contributed by atoms with Crippen LogP contribution in [0.2, 0.25) is 0 Å². The average molecular weight is 386 g/mol. The van der Waals surface area contributed by atoms with Crippen molar-refractivity contribution in [3.63, 3.8) is 0 Å². The summed E-state index contributed by atoms with van der Waals surface area (Å²) < 4.78 is 7.44. The highest BCUT2D eigenvalue weighted by Crippen LogP contribution is 2.22. The second-order valence-corrected chi connectivity index (χ2v) is 6.91. The summed E-state index contributed by atoms with van der Waals surface area (Å²) in [5.74, 6) is 0.612. The molecule has 1 atom stereocenters. The minimum atomic E-state index is -0.0778. The fraction of sp³-hybridized carbons (Fsp3) is 0.174. The lowest BCUT2D eigenvalue weighted by molar-refractivity contribution is -0.134. The van der Waals surface area contributed by atoms with Gasteiger partial charge in [-0.2, -0.15) is 5.10 Å². The molecule has 0 aliphatic carbocycles. The molecule has 1 amide bonds. The zero-order chi connectivity index (χ0) is 20.2. The van der Waals surface area contributed by atoms with E-state index in [4.69, 9.17) is 4.74 Å². The second kappa shape index (κ2) is 8.14. The van der Waals surface area contributed by atoms with Gasteiger partial charge in [0.2, 0.25) is 0 Å². The van der Waals surface area contributed by atoms with Crippen LogP contribution < -0.4 is 4.74 Å². The number of carbonyl (C=O) groups excluding carboxylic acids is 1. The summed E-state index contributed by atoms with van der Waals surface area (Å²) >= 11 is 0. The summed E-state index contributed by atoms with van der Waals surface area (Å²) in [4.78, 5) is 18.3. The van der Waals surface area contributed by atoms with Crippen molar-refractivity contribution in [1.82, 2.24) is 19.7 Å². The van der Waals surface area contributed by atoms with E-state index < -0.39 is 0 Å². The molecule has 0 N–H and O–H groups in total. The highest BCUT2D eigenvalue weighted by Gasteiger charge is 2.18. The Morgan fingerprint density at radius 1 is 1.07 bits per heavy atom. The van der Waals surface area contributed by atoms with Crippen LogP contribution in [0.4, 0.5) is 0 Å². The maximum Gasteiger partial charge on any atom is 0.260 e. The molecule has 1 aromatic heterocycles. The molecule has 0 unspecified atom stereocenters. The summed E-state index contributed by atoms with van der Waals surface area (Å²) in [7, 11) is 1.79. The van der Waals surface area contributed by atoms with Gasteiger partial charge in [0.1, 0.15) is 18.4 Å². The van der Waals surface area contributed by atoms with Crippen molar-refractivity contribution in [2.45, 2.75) is 13.0 Å². The Morgan fingerprint density at radius 3 is 2.55 bits per heavy atom. The molecule has 6 nitrogen and oxygen atoms in total. The monoisotopic (exact) mass is 386 g/mol. The van der Waals surface area contributed by atoms with Crippen molar-refractivity contribution < 1.29 is 9.53 Å². The van der Waals surface area contributed by atoms with Gasteiger partial charge in [0.05, 0.1) is 11.7 Å². The number of nitrogens with zero attached hydrogens (tertiary/aromatic N) is 4. The SMILES string of the molecule is C[C@@H](c1ccc(-n2cncn2)cc1)N(C)C(=O)COc1ccc2ccccc2c1. The van der Waals surface area contributed by atoms with E-state index in [9.17, 15) is 4.79 Å². The molecule has 29 heavy (non-hydrogen) atoms. The van der Waals surface area contributed by atoms with Crippen molar-refractivity contribution >= 4 is 16.7 Å². The predicted molar refractivity (Wildman–Crippen MR) is 112 cm³/mol. The van der Waals surface area contributed by atoms with E-state index in [1.165, 1.54) is 6.33 Å². The van der Waals surface area contributed by atoms with E-state index in [1.807, 2.05) is 73.7 Å². The summed E-state index contributed by atoms with van der Waals surface area (Å²) in [5, 5.41) is 6.36. The molecule has 146 valence electrons. The molecule has 0 aliphatic rings. The van der Waals surface area contributed by atoms with Crippen molar-refractivity contribution in [1.29, 1.82) is 0 Å². The minimum Gasteiger partial charge on any atom is -0.484 e. The molecule has 0 aliphatic heterocycles. The number of hydrogen-bond acceptors (Lipinski definition) is 4. The molecule has 0 spiro atoms. The third-order valence-electron chi connectivity index (χ3n) is 5.12. The van der Waals surface area contributed by atoms with Crippen molar-refractivity contribution in [3.05, 3.63) is 84.9 Å². The largest absolute Gasteiger partial charge is 0.484 e. The van der Waals surface area contributed by atoms with Crippen LogP contribution in [0.1, 0.15) is 18.5 Å². The fourth-order valence-corrected chi connectivity index (χ4v) is 3.19. The third kappa shape index (κ3) is 4.11. The Bertz CT molecular complexity index is 1110. The zero-order valence-electron chi connectivity index (χ0n) is 16.4. The maximum absolute atomic E-state index is 12.6. The molecule has 1 heterocycles. The number of likely N-dealkylation sites (N-methyl/N-ethyl adjacent to an activating group) is 1. The minimum absolute atomic E-state index is 0.00375. The van der Waals surface area contributed by atoms with Crippen LogP contribution in [0.3, 0.4) is 0 Å². The highest BCUT2D eigenvalue weighted by atomic mass is 16.5. The molecule has 6 heteroatoms. The number of benzene rings is 3. The second-order valence-electron chi connectivity index (χ2n) is 6.91. The quantitative estimate of drug-likeness (QED) is 0.502. The summed E-state index contributed by atoms with van der Waals surface area (Å²) in [6, 6.07) is 21.7. The third-order valence-corrected chi connectivity index (χ3v) is 5.12. The van der Waals surface area contributed by atoms with Gasteiger partial charge in [0.15, 0.2) is 6.61 Å². The Labute approximate surface area is 169 Å². The van der Waals surface area contributed by atoms with Crippen LogP contribution in [-0.4, -0.2) is 39.2 Å². The highest BCUT2D eigenvalue weighted by molar-refractivity contribution is 5.84. The number of fused-ring (bicyclic) bond motifs is 1. The van der Waals surface area contributed by atoms with Gasteiger partial charge in [-0.15, -0.1) is 0 Å². The Kier molecular flexibility index (Phi) is 5.24. The normalized spacial score (nSPS) is 11.9. The average Bonchev–Trinajstić information content (AvgIpc) is 3.31. The van der Waals surface area contributed by atoms with Crippen molar-refractivity contribution in [2.24, 2.45) is 0 Å². The lowest BCUT2D eigenvalue weighted by Gasteiger charge is -2.25. The van der Waals surface area contributed by atoms with Gasteiger partial charge in [0.25, 0.3) is 5.91 Å². The number of ether oxygens (including phenoxy) is 1. The van der Waals surface area contributed by atoms with Gasteiger partial charge >= 0.3 is 0 Å². The molecular weight excluding hydrogens is 364 g/mol. The number of carbonyl (C=O) groups is 1. The van der Waals surface area contributed by atoms with Crippen LogP contribution in [-0.2, 0) is 4.79 Å². The lowest BCUT2D eigenvalue weighted by atomic mass is 10.1. The number of hydrogen-bond donors (Lipinski definition) is 0. The van der Waals surface area contributed by atoms with Gasteiger partial charge in [-0.3, -0.25) is 4.79 Å². The van der Waals surface area contributed by atoms with E-state index in [0.29, 0.717) is 5.75 Å². The molecule has 0 fully saturated rings. The molecule has 0 saturated carbocycles. The molecule has 3 aromatic carbocycles. The smallest absolute Gasteiger partial charge is 0.260 e.